The molecule has 1 aromatic carbocycles. The van der Waals surface area contributed by atoms with Gasteiger partial charge in [0.05, 0.1) is 0 Å². The van der Waals surface area contributed by atoms with E-state index >= 15 is 0 Å². The first-order valence-corrected chi connectivity index (χ1v) is 8.61. The molecule has 0 bridgehead atoms. The second-order valence-corrected chi connectivity index (χ2v) is 7.07. The van der Waals surface area contributed by atoms with Crippen molar-refractivity contribution >= 4 is 17.9 Å². The highest BCUT2D eigenvalue weighted by Crippen LogP contribution is 2.30. The van der Waals surface area contributed by atoms with Crippen molar-refractivity contribution in [1.82, 2.24) is 0 Å². The van der Waals surface area contributed by atoms with E-state index in [1.807, 2.05) is 27.7 Å². The second-order valence-electron chi connectivity index (χ2n) is 7.07. The van der Waals surface area contributed by atoms with Gasteiger partial charge in [-0.3, -0.25) is 14.4 Å². The molecule has 1 rings (SSSR count). The van der Waals surface area contributed by atoms with Crippen LogP contribution in [0.5, 0.6) is 11.5 Å². The summed E-state index contributed by atoms with van der Waals surface area (Å²) in [6.45, 7) is 7.54. The minimum absolute atomic E-state index is 0.0598. The van der Waals surface area contributed by atoms with E-state index in [0.29, 0.717) is 5.56 Å². The Morgan fingerprint density at radius 2 is 1.46 bits per heavy atom. The van der Waals surface area contributed by atoms with E-state index in [1.54, 1.807) is 6.07 Å². The van der Waals surface area contributed by atoms with Crippen molar-refractivity contribution in [2.75, 3.05) is 0 Å². The Bertz CT molecular complexity index is 653. The van der Waals surface area contributed by atoms with Crippen LogP contribution in [-0.2, 0) is 20.8 Å². The van der Waals surface area contributed by atoms with Gasteiger partial charge >= 0.3 is 17.9 Å². The van der Waals surface area contributed by atoms with Crippen LogP contribution < -0.4 is 15.2 Å². The Kier molecular flexibility index (Phi) is 8.25. The zero-order valence-electron chi connectivity index (χ0n) is 15.7. The number of hydrogen-bond acceptors (Lipinski definition) is 6. The van der Waals surface area contributed by atoms with E-state index in [9.17, 15) is 14.4 Å². The van der Waals surface area contributed by atoms with E-state index in [-0.39, 0.29) is 42.6 Å². The summed E-state index contributed by atoms with van der Waals surface area (Å²) in [6, 6.07) is 3.49. The van der Waals surface area contributed by atoms with Gasteiger partial charge in [0.1, 0.15) is 6.04 Å². The second kappa shape index (κ2) is 9.91. The van der Waals surface area contributed by atoms with Crippen molar-refractivity contribution in [2.24, 2.45) is 17.6 Å². The average molecular weight is 365 g/mol. The van der Waals surface area contributed by atoms with Crippen LogP contribution in [0.1, 0.15) is 46.1 Å². The molecule has 0 radical (unpaired) electrons. The standard InChI is InChI=1S/C19H27NO6/c1-11(2)7-17(21)25-15-6-5-13(9-14(20)19(23)24)10-16(15)26-18(22)8-12(3)4/h5-6,10-12,14H,7-9,20H2,1-4H3,(H,23,24)/t14-/m0/s1. The van der Waals surface area contributed by atoms with Crippen molar-refractivity contribution in [2.45, 2.75) is 53.0 Å². The summed E-state index contributed by atoms with van der Waals surface area (Å²) < 4.78 is 10.6. The number of carboxylic acids is 1. The molecule has 0 saturated carbocycles. The Hall–Kier alpha value is -2.41. The van der Waals surface area contributed by atoms with Crippen molar-refractivity contribution in [3.63, 3.8) is 0 Å². The molecule has 0 heterocycles. The Morgan fingerprint density at radius 1 is 0.962 bits per heavy atom. The monoisotopic (exact) mass is 365 g/mol. The number of carbonyl (C=O) groups excluding carboxylic acids is 2. The van der Waals surface area contributed by atoms with Crippen LogP contribution in [0.2, 0.25) is 0 Å². The highest BCUT2D eigenvalue weighted by Gasteiger charge is 2.18. The summed E-state index contributed by atoms with van der Waals surface area (Å²) in [7, 11) is 0. The first-order valence-electron chi connectivity index (χ1n) is 8.61. The molecular formula is C19H27NO6. The van der Waals surface area contributed by atoms with Crippen LogP contribution in [0.4, 0.5) is 0 Å². The highest BCUT2D eigenvalue weighted by atomic mass is 16.6. The van der Waals surface area contributed by atoms with Crippen molar-refractivity contribution < 1.29 is 29.0 Å². The molecule has 3 N–H and O–H groups in total. The highest BCUT2D eigenvalue weighted by molar-refractivity contribution is 5.77. The van der Waals surface area contributed by atoms with Gasteiger partial charge in [0.2, 0.25) is 0 Å². The number of benzene rings is 1. The van der Waals surface area contributed by atoms with Crippen molar-refractivity contribution in [3.05, 3.63) is 23.8 Å². The zero-order chi connectivity index (χ0) is 19.9. The third kappa shape index (κ3) is 7.65. The summed E-state index contributed by atoms with van der Waals surface area (Å²) in [5.41, 5.74) is 6.11. The van der Waals surface area contributed by atoms with Gasteiger partial charge < -0.3 is 20.3 Å². The SMILES string of the molecule is CC(C)CC(=O)Oc1ccc(C[C@H](N)C(=O)O)cc1OC(=O)CC(C)C. The van der Waals surface area contributed by atoms with Gasteiger partial charge in [-0.15, -0.1) is 0 Å². The first-order chi connectivity index (χ1) is 12.1. The molecule has 1 atom stereocenters. The Balaban J connectivity index is 3.04. The Labute approximate surface area is 153 Å². The van der Waals surface area contributed by atoms with E-state index in [0.717, 1.165) is 0 Å². The number of rotatable bonds is 9. The maximum Gasteiger partial charge on any atom is 0.320 e. The molecule has 0 spiro atoms. The fourth-order valence-corrected chi connectivity index (χ4v) is 2.18. The number of aliphatic carboxylic acids is 1. The Morgan fingerprint density at radius 3 is 1.92 bits per heavy atom. The smallest absolute Gasteiger partial charge is 0.320 e. The van der Waals surface area contributed by atoms with Gasteiger partial charge in [-0.05, 0) is 36.0 Å². The molecule has 0 aliphatic heterocycles. The van der Waals surface area contributed by atoms with Gasteiger partial charge in [0.15, 0.2) is 11.5 Å². The molecule has 1 aromatic rings. The van der Waals surface area contributed by atoms with Crippen molar-refractivity contribution in [1.29, 1.82) is 0 Å². The number of ether oxygens (including phenoxy) is 2. The topological polar surface area (TPSA) is 116 Å². The quantitative estimate of drug-likeness (QED) is 0.510. The molecule has 144 valence electrons. The largest absolute Gasteiger partial charge is 0.480 e. The molecule has 7 nitrogen and oxygen atoms in total. The van der Waals surface area contributed by atoms with E-state index < -0.39 is 23.9 Å². The van der Waals surface area contributed by atoms with Crippen LogP contribution in [0, 0.1) is 11.8 Å². The lowest BCUT2D eigenvalue weighted by Gasteiger charge is -2.14. The lowest BCUT2D eigenvalue weighted by Crippen LogP contribution is -2.32. The average Bonchev–Trinajstić information content (AvgIpc) is 2.47. The lowest BCUT2D eigenvalue weighted by molar-refractivity contribution is -0.138. The molecule has 26 heavy (non-hydrogen) atoms. The summed E-state index contributed by atoms with van der Waals surface area (Å²) in [5, 5.41) is 8.93. The minimum Gasteiger partial charge on any atom is -0.480 e. The van der Waals surface area contributed by atoms with E-state index in [1.165, 1.54) is 12.1 Å². The van der Waals surface area contributed by atoms with E-state index in [4.69, 9.17) is 20.3 Å². The molecule has 0 unspecified atom stereocenters. The van der Waals surface area contributed by atoms with Gasteiger partial charge in [-0.25, -0.2) is 0 Å². The normalized spacial score (nSPS) is 12.1. The number of carboxylic acid groups (broad SMARTS) is 1. The molecule has 0 saturated heterocycles. The van der Waals surface area contributed by atoms with Gasteiger partial charge in [-0.1, -0.05) is 33.8 Å². The number of hydrogen-bond donors (Lipinski definition) is 2. The third-order valence-corrected chi connectivity index (χ3v) is 3.38. The van der Waals surface area contributed by atoms with Crippen molar-refractivity contribution in [3.8, 4) is 11.5 Å². The minimum atomic E-state index is -1.13. The van der Waals surface area contributed by atoms with Gasteiger partial charge in [0.25, 0.3) is 0 Å². The molecule has 7 heteroatoms. The van der Waals surface area contributed by atoms with Gasteiger partial charge in [-0.2, -0.15) is 0 Å². The van der Waals surface area contributed by atoms with Gasteiger partial charge in [0, 0.05) is 12.8 Å². The summed E-state index contributed by atoms with van der Waals surface area (Å²) >= 11 is 0. The molecule has 0 amide bonds. The van der Waals surface area contributed by atoms with Crippen LogP contribution in [0.25, 0.3) is 0 Å². The molecule has 0 aliphatic rings. The maximum atomic E-state index is 12.0. The summed E-state index contributed by atoms with van der Waals surface area (Å²) in [6.07, 6.45) is 0.494. The third-order valence-electron chi connectivity index (χ3n) is 3.38. The summed E-state index contributed by atoms with van der Waals surface area (Å²) in [4.78, 5) is 34.9. The number of esters is 2. The van der Waals surface area contributed by atoms with Crippen LogP contribution in [-0.4, -0.2) is 29.1 Å². The fourth-order valence-electron chi connectivity index (χ4n) is 2.18. The first kappa shape index (κ1) is 21.6. The lowest BCUT2D eigenvalue weighted by atomic mass is 10.1. The van der Waals surface area contributed by atoms with Crippen LogP contribution in [0.15, 0.2) is 18.2 Å². The molecule has 0 fully saturated rings. The molecular weight excluding hydrogens is 338 g/mol. The van der Waals surface area contributed by atoms with Crippen LogP contribution in [0.3, 0.4) is 0 Å². The number of carbonyl (C=O) groups is 3. The maximum absolute atomic E-state index is 12.0. The number of nitrogens with two attached hydrogens (primary N) is 1. The molecule has 0 aromatic heterocycles. The zero-order valence-corrected chi connectivity index (χ0v) is 15.7. The summed E-state index contributed by atoms with van der Waals surface area (Å²) in [5.74, 6) is -1.57. The fraction of sp³-hybridized carbons (Fsp3) is 0.526. The predicted molar refractivity (Wildman–Crippen MR) is 95.9 cm³/mol. The van der Waals surface area contributed by atoms with E-state index in [2.05, 4.69) is 0 Å². The van der Waals surface area contributed by atoms with Crippen LogP contribution >= 0.6 is 0 Å². The molecule has 0 aliphatic carbocycles. The predicted octanol–water partition coefficient (Wildman–Crippen LogP) is 2.54.